The van der Waals surface area contributed by atoms with Crippen molar-refractivity contribution in [2.45, 2.75) is 26.3 Å². The van der Waals surface area contributed by atoms with Crippen LogP contribution in [-0.4, -0.2) is 31.8 Å². The minimum Gasteiger partial charge on any atom is -0.450 e. The van der Waals surface area contributed by atoms with Gasteiger partial charge in [-0.05, 0) is 30.7 Å². The first-order chi connectivity index (χ1) is 8.69. The first-order valence-electron chi connectivity index (χ1n) is 6.39. The number of amides is 1. The number of piperidine rings is 1. The van der Waals surface area contributed by atoms with Crippen molar-refractivity contribution in [2.75, 3.05) is 24.6 Å². The molecule has 18 heavy (non-hydrogen) atoms. The lowest BCUT2D eigenvalue weighted by Gasteiger charge is -2.37. The molecule has 1 aromatic rings. The Bertz CT molecular complexity index is 380. The lowest BCUT2D eigenvalue weighted by molar-refractivity contribution is 0.145. The molecule has 1 saturated heterocycles. The highest BCUT2D eigenvalue weighted by atomic mass is 32.1. The number of ether oxygens (including phenoxy) is 1. The van der Waals surface area contributed by atoms with E-state index in [9.17, 15) is 4.79 Å². The van der Waals surface area contributed by atoms with Gasteiger partial charge >= 0.3 is 6.09 Å². The summed E-state index contributed by atoms with van der Waals surface area (Å²) in [4.78, 5) is 13.8. The van der Waals surface area contributed by atoms with E-state index in [1.54, 1.807) is 11.3 Å². The van der Waals surface area contributed by atoms with Crippen LogP contribution in [0.5, 0.6) is 0 Å². The topological polar surface area (TPSA) is 41.6 Å². The zero-order valence-corrected chi connectivity index (χ0v) is 11.7. The first-order valence-corrected chi connectivity index (χ1v) is 7.33. The highest BCUT2D eigenvalue weighted by Gasteiger charge is 2.26. The molecule has 0 aliphatic carbocycles. The quantitative estimate of drug-likeness (QED) is 0.916. The van der Waals surface area contributed by atoms with Gasteiger partial charge in [-0.1, -0.05) is 6.92 Å². The average molecular weight is 268 g/mol. The molecule has 0 bridgehead atoms. The van der Waals surface area contributed by atoms with Gasteiger partial charge in [0.25, 0.3) is 0 Å². The van der Waals surface area contributed by atoms with E-state index in [0.717, 1.165) is 19.5 Å². The van der Waals surface area contributed by atoms with Gasteiger partial charge < -0.3 is 15.0 Å². The second kappa shape index (κ2) is 6.09. The molecule has 1 fully saturated rings. The SMILES string of the molecule is CCOC(=O)NC1CC(C)CN(c2ccsc2)C1. The number of carbonyl (C=O) groups is 1. The van der Waals surface area contributed by atoms with Crippen LogP contribution < -0.4 is 10.2 Å². The monoisotopic (exact) mass is 268 g/mol. The molecule has 0 radical (unpaired) electrons. The summed E-state index contributed by atoms with van der Waals surface area (Å²) in [6.45, 7) is 6.37. The smallest absolute Gasteiger partial charge is 0.407 e. The highest BCUT2D eigenvalue weighted by Crippen LogP contribution is 2.25. The third-order valence-corrected chi connectivity index (χ3v) is 3.80. The van der Waals surface area contributed by atoms with E-state index < -0.39 is 0 Å². The van der Waals surface area contributed by atoms with Crippen molar-refractivity contribution in [1.29, 1.82) is 0 Å². The molecule has 0 aromatic carbocycles. The minimum atomic E-state index is -0.304. The lowest BCUT2D eigenvalue weighted by Crippen LogP contribution is -2.50. The summed E-state index contributed by atoms with van der Waals surface area (Å²) in [7, 11) is 0. The molecular formula is C13H20N2O2S. The van der Waals surface area contributed by atoms with Gasteiger partial charge in [-0.25, -0.2) is 4.79 Å². The summed E-state index contributed by atoms with van der Waals surface area (Å²) in [5.74, 6) is 0.575. The maximum Gasteiger partial charge on any atom is 0.407 e. The number of nitrogens with zero attached hydrogens (tertiary/aromatic N) is 1. The summed E-state index contributed by atoms with van der Waals surface area (Å²) in [6.07, 6.45) is 0.710. The fraction of sp³-hybridized carbons (Fsp3) is 0.615. The number of hydrogen-bond acceptors (Lipinski definition) is 4. The van der Waals surface area contributed by atoms with Gasteiger partial charge in [-0.15, -0.1) is 0 Å². The Morgan fingerprint density at radius 2 is 2.44 bits per heavy atom. The summed E-state index contributed by atoms with van der Waals surface area (Å²) < 4.78 is 4.94. The maximum absolute atomic E-state index is 11.5. The van der Waals surface area contributed by atoms with E-state index in [1.807, 2.05) is 6.92 Å². The third kappa shape index (κ3) is 3.38. The first kappa shape index (κ1) is 13.2. The van der Waals surface area contributed by atoms with Crippen LogP contribution in [0.4, 0.5) is 10.5 Å². The molecule has 1 aliphatic heterocycles. The summed E-state index contributed by atoms with van der Waals surface area (Å²) in [5, 5.41) is 7.18. The summed E-state index contributed by atoms with van der Waals surface area (Å²) in [6, 6.07) is 2.30. The van der Waals surface area contributed by atoms with E-state index in [0.29, 0.717) is 12.5 Å². The predicted molar refractivity (Wildman–Crippen MR) is 74.3 cm³/mol. The van der Waals surface area contributed by atoms with Gasteiger partial charge in [-0.2, -0.15) is 11.3 Å². The predicted octanol–water partition coefficient (Wildman–Crippen LogP) is 2.71. The van der Waals surface area contributed by atoms with Crippen LogP contribution in [0, 0.1) is 5.92 Å². The van der Waals surface area contributed by atoms with E-state index in [-0.39, 0.29) is 12.1 Å². The van der Waals surface area contributed by atoms with Gasteiger partial charge in [0.05, 0.1) is 6.61 Å². The molecule has 0 saturated carbocycles. The van der Waals surface area contributed by atoms with Gasteiger partial charge in [0.2, 0.25) is 0 Å². The van der Waals surface area contributed by atoms with Gasteiger partial charge in [0.15, 0.2) is 0 Å². The van der Waals surface area contributed by atoms with Crippen molar-refractivity contribution >= 4 is 23.1 Å². The molecular weight excluding hydrogens is 248 g/mol. The Balaban J connectivity index is 1.94. The second-order valence-corrected chi connectivity index (χ2v) is 5.57. The molecule has 1 N–H and O–H groups in total. The van der Waals surface area contributed by atoms with E-state index >= 15 is 0 Å². The Labute approximate surface area is 112 Å². The standard InChI is InChI=1S/C13H20N2O2S/c1-3-17-13(16)14-11-6-10(2)7-15(8-11)12-4-5-18-9-12/h4-5,9-11H,3,6-8H2,1-2H3,(H,14,16). The fourth-order valence-electron chi connectivity index (χ4n) is 2.44. The van der Waals surface area contributed by atoms with Crippen LogP contribution in [0.1, 0.15) is 20.3 Å². The molecule has 0 spiro atoms. The number of carbonyl (C=O) groups excluding carboxylic acids is 1. The summed E-state index contributed by atoms with van der Waals surface area (Å²) in [5.41, 5.74) is 1.25. The molecule has 5 heteroatoms. The van der Waals surface area contributed by atoms with E-state index in [4.69, 9.17) is 4.74 Å². The van der Waals surface area contributed by atoms with Crippen LogP contribution in [0.2, 0.25) is 0 Å². The second-order valence-electron chi connectivity index (χ2n) is 4.79. The third-order valence-electron chi connectivity index (χ3n) is 3.13. The molecule has 2 rings (SSSR count). The van der Waals surface area contributed by atoms with Crippen molar-refractivity contribution in [2.24, 2.45) is 5.92 Å². The number of thiophene rings is 1. The molecule has 2 unspecified atom stereocenters. The van der Waals surface area contributed by atoms with Gasteiger partial charge in [-0.3, -0.25) is 0 Å². The molecule has 100 valence electrons. The average Bonchev–Trinajstić information content (AvgIpc) is 2.81. The van der Waals surface area contributed by atoms with Crippen LogP contribution in [0.3, 0.4) is 0 Å². The zero-order chi connectivity index (χ0) is 13.0. The molecule has 4 nitrogen and oxygen atoms in total. The van der Waals surface area contributed by atoms with Crippen molar-refractivity contribution < 1.29 is 9.53 Å². The minimum absolute atomic E-state index is 0.174. The molecule has 2 heterocycles. The normalized spacial score (nSPS) is 23.8. The van der Waals surface area contributed by atoms with Crippen LogP contribution in [-0.2, 0) is 4.74 Å². The molecule has 1 aliphatic rings. The lowest BCUT2D eigenvalue weighted by atomic mass is 9.96. The Morgan fingerprint density at radius 1 is 1.61 bits per heavy atom. The largest absolute Gasteiger partial charge is 0.450 e. The van der Waals surface area contributed by atoms with Gasteiger partial charge in [0.1, 0.15) is 0 Å². The van der Waals surface area contributed by atoms with Crippen LogP contribution >= 0.6 is 11.3 Å². The Hall–Kier alpha value is -1.23. The molecule has 1 amide bonds. The van der Waals surface area contributed by atoms with Crippen molar-refractivity contribution in [1.82, 2.24) is 5.32 Å². The highest BCUT2D eigenvalue weighted by molar-refractivity contribution is 7.08. The fourth-order valence-corrected chi connectivity index (χ4v) is 3.11. The number of rotatable bonds is 3. The Kier molecular flexibility index (Phi) is 4.47. The summed E-state index contributed by atoms with van der Waals surface area (Å²) >= 11 is 1.70. The molecule has 2 atom stereocenters. The number of anilines is 1. The number of hydrogen-bond donors (Lipinski definition) is 1. The Morgan fingerprint density at radius 3 is 3.11 bits per heavy atom. The number of alkyl carbamates (subject to hydrolysis) is 1. The van der Waals surface area contributed by atoms with Crippen LogP contribution in [0.25, 0.3) is 0 Å². The van der Waals surface area contributed by atoms with Crippen molar-refractivity contribution in [3.05, 3.63) is 16.8 Å². The van der Waals surface area contributed by atoms with Crippen LogP contribution in [0.15, 0.2) is 16.8 Å². The van der Waals surface area contributed by atoms with E-state index in [1.165, 1.54) is 5.69 Å². The van der Waals surface area contributed by atoms with E-state index in [2.05, 4.69) is 34.0 Å². The maximum atomic E-state index is 11.5. The zero-order valence-electron chi connectivity index (χ0n) is 10.9. The van der Waals surface area contributed by atoms with Gasteiger partial charge in [0, 0.05) is 30.2 Å². The molecule has 1 aromatic heterocycles. The van der Waals surface area contributed by atoms with Crippen molar-refractivity contribution in [3.8, 4) is 0 Å². The van der Waals surface area contributed by atoms with Crippen molar-refractivity contribution in [3.63, 3.8) is 0 Å². The number of nitrogens with one attached hydrogen (secondary N) is 1.